The lowest BCUT2D eigenvalue weighted by molar-refractivity contribution is -0.124. The van der Waals surface area contributed by atoms with Gasteiger partial charge in [0.1, 0.15) is 11.4 Å². The summed E-state index contributed by atoms with van der Waals surface area (Å²) in [7, 11) is 0. The molecule has 0 saturated heterocycles. The molecular weight excluding hydrogens is 228 g/mol. The minimum absolute atomic E-state index is 0.0808. The third-order valence-corrected chi connectivity index (χ3v) is 4.30. The van der Waals surface area contributed by atoms with Crippen LogP contribution in [0.4, 0.5) is 0 Å². The van der Waals surface area contributed by atoms with E-state index in [2.05, 4.69) is 0 Å². The lowest BCUT2D eigenvalue weighted by Gasteiger charge is -2.44. The Hall–Kier alpha value is -1.06. The topological polar surface area (TPSA) is 60.7 Å². The maximum Gasteiger partial charge on any atom is 0.118 e. The monoisotopic (exact) mass is 250 g/mol. The summed E-state index contributed by atoms with van der Waals surface area (Å²) in [6.45, 7) is 7.63. The van der Waals surface area contributed by atoms with E-state index in [-0.39, 0.29) is 17.6 Å². The van der Waals surface area contributed by atoms with E-state index in [1.54, 1.807) is 6.07 Å². The predicted octanol–water partition coefficient (Wildman–Crippen LogP) is 2.41. The number of benzene rings is 1. The van der Waals surface area contributed by atoms with Crippen LogP contribution in [0.3, 0.4) is 0 Å². The average molecular weight is 250 g/mol. The molecule has 3 atom stereocenters. The van der Waals surface area contributed by atoms with Crippen molar-refractivity contribution < 1.29 is 15.3 Å². The molecular formula is C15H22O3. The number of aromatic hydroxyl groups is 1. The summed E-state index contributed by atoms with van der Waals surface area (Å²) >= 11 is 0. The molecule has 0 saturated carbocycles. The molecule has 1 aliphatic rings. The highest BCUT2D eigenvalue weighted by molar-refractivity contribution is 5.47. The molecule has 0 spiro atoms. The van der Waals surface area contributed by atoms with Crippen molar-refractivity contribution in [3.8, 4) is 5.75 Å². The van der Waals surface area contributed by atoms with Gasteiger partial charge in [-0.15, -0.1) is 0 Å². The van der Waals surface area contributed by atoms with Gasteiger partial charge in [0, 0.05) is 0 Å². The minimum Gasteiger partial charge on any atom is -0.508 e. The summed E-state index contributed by atoms with van der Waals surface area (Å²) in [5.41, 5.74) is 1.22. The van der Waals surface area contributed by atoms with Crippen molar-refractivity contribution >= 4 is 0 Å². The molecule has 3 heteroatoms. The summed E-state index contributed by atoms with van der Waals surface area (Å²) in [6, 6.07) is 3.54. The molecule has 0 aliphatic heterocycles. The number of aliphatic hydroxyl groups is 2. The van der Waals surface area contributed by atoms with E-state index in [0.29, 0.717) is 6.42 Å². The van der Waals surface area contributed by atoms with Gasteiger partial charge in [-0.2, -0.15) is 0 Å². The van der Waals surface area contributed by atoms with Crippen LogP contribution in [-0.2, 0) is 5.60 Å². The summed E-state index contributed by atoms with van der Waals surface area (Å²) in [5, 5.41) is 31.0. The van der Waals surface area contributed by atoms with Crippen molar-refractivity contribution in [3.63, 3.8) is 0 Å². The number of phenols is 1. The number of aliphatic hydroxyl groups excluding tert-OH is 1. The smallest absolute Gasteiger partial charge is 0.118 e. The number of aryl methyl sites for hydroxylation is 1. The third kappa shape index (κ3) is 1.73. The van der Waals surface area contributed by atoms with Crippen LogP contribution in [0.25, 0.3) is 0 Å². The molecule has 0 aromatic heterocycles. The van der Waals surface area contributed by atoms with Crippen LogP contribution >= 0.6 is 0 Å². The number of fused-ring (bicyclic) bond motifs is 1. The van der Waals surface area contributed by atoms with Crippen LogP contribution in [0, 0.1) is 12.8 Å². The van der Waals surface area contributed by atoms with Crippen molar-refractivity contribution in [1.29, 1.82) is 0 Å². The first-order valence-electron chi connectivity index (χ1n) is 6.52. The normalized spacial score (nSPS) is 31.5. The fraction of sp³-hybridized carbons (Fsp3) is 0.600. The average Bonchev–Trinajstić information content (AvgIpc) is 2.28. The second-order valence-corrected chi connectivity index (χ2v) is 5.86. The van der Waals surface area contributed by atoms with Gasteiger partial charge >= 0.3 is 0 Å². The molecule has 3 nitrogen and oxygen atoms in total. The highest BCUT2D eigenvalue weighted by Gasteiger charge is 2.46. The Morgan fingerprint density at radius 2 is 1.94 bits per heavy atom. The highest BCUT2D eigenvalue weighted by atomic mass is 16.3. The number of hydrogen-bond acceptors (Lipinski definition) is 3. The van der Waals surface area contributed by atoms with Crippen molar-refractivity contribution in [2.24, 2.45) is 5.92 Å². The summed E-state index contributed by atoms with van der Waals surface area (Å²) in [6.07, 6.45) is -0.242. The second kappa shape index (κ2) is 4.25. The van der Waals surface area contributed by atoms with E-state index >= 15 is 0 Å². The van der Waals surface area contributed by atoms with Gasteiger partial charge in [-0.25, -0.2) is 0 Å². The molecule has 2 rings (SSSR count). The Kier molecular flexibility index (Phi) is 3.16. The molecule has 100 valence electrons. The maximum atomic E-state index is 10.9. The van der Waals surface area contributed by atoms with Gasteiger partial charge in [-0.3, -0.25) is 0 Å². The van der Waals surface area contributed by atoms with E-state index in [1.807, 2.05) is 33.8 Å². The lowest BCUT2D eigenvalue weighted by atomic mass is 9.67. The molecule has 3 N–H and O–H groups in total. The van der Waals surface area contributed by atoms with Gasteiger partial charge in [0.15, 0.2) is 0 Å². The van der Waals surface area contributed by atoms with Gasteiger partial charge < -0.3 is 15.3 Å². The van der Waals surface area contributed by atoms with Gasteiger partial charge in [0.2, 0.25) is 0 Å². The zero-order valence-electron chi connectivity index (χ0n) is 11.4. The molecule has 0 amide bonds. The van der Waals surface area contributed by atoms with Crippen LogP contribution in [0.2, 0.25) is 0 Å². The molecule has 1 aliphatic carbocycles. The highest BCUT2D eigenvalue weighted by Crippen LogP contribution is 2.46. The van der Waals surface area contributed by atoms with Crippen molar-refractivity contribution in [2.45, 2.75) is 51.7 Å². The molecule has 1 aromatic rings. The van der Waals surface area contributed by atoms with Gasteiger partial charge in [-0.1, -0.05) is 20.8 Å². The second-order valence-electron chi connectivity index (χ2n) is 5.86. The van der Waals surface area contributed by atoms with Crippen LogP contribution < -0.4 is 0 Å². The first-order valence-corrected chi connectivity index (χ1v) is 6.52. The maximum absolute atomic E-state index is 10.9. The van der Waals surface area contributed by atoms with Crippen molar-refractivity contribution in [1.82, 2.24) is 0 Å². The Morgan fingerprint density at radius 1 is 1.33 bits per heavy atom. The Morgan fingerprint density at radius 3 is 2.50 bits per heavy atom. The van der Waals surface area contributed by atoms with Gasteiger partial charge in [0.05, 0.1) is 6.10 Å². The summed E-state index contributed by atoms with van der Waals surface area (Å²) in [4.78, 5) is 0. The molecule has 1 aromatic carbocycles. The largest absolute Gasteiger partial charge is 0.508 e. The molecule has 18 heavy (non-hydrogen) atoms. The van der Waals surface area contributed by atoms with Crippen LogP contribution in [0.5, 0.6) is 5.75 Å². The Labute approximate surface area is 108 Å². The number of hydrogen-bond donors (Lipinski definition) is 3. The Balaban J connectivity index is 2.69. The summed E-state index contributed by atoms with van der Waals surface area (Å²) in [5.74, 6) is 0.311. The van der Waals surface area contributed by atoms with Crippen molar-refractivity contribution in [2.75, 3.05) is 0 Å². The third-order valence-electron chi connectivity index (χ3n) is 4.30. The first-order chi connectivity index (χ1) is 8.28. The van der Waals surface area contributed by atoms with Crippen LogP contribution in [0.1, 0.15) is 49.8 Å². The van der Waals surface area contributed by atoms with E-state index in [4.69, 9.17) is 0 Å². The number of rotatable bonds is 1. The fourth-order valence-electron chi connectivity index (χ4n) is 2.98. The molecule has 0 heterocycles. The molecule has 0 fully saturated rings. The summed E-state index contributed by atoms with van der Waals surface area (Å²) < 4.78 is 0. The molecule has 0 bridgehead atoms. The SMILES string of the molecule is Cc1cc2c(cc1O)[C@@H](C)C[C@@H](O)[C@@]2(O)C(C)C. The zero-order valence-corrected chi connectivity index (χ0v) is 11.4. The molecule has 0 radical (unpaired) electrons. The van der Waals surface area contributed by atoms with Crippen molar-refractivity contribution in [3.05, 3.63) is 28.8 Å². The van der Waals surface area contributed by atoms with E-state index < -0.39 is 11.7 Å². The van der Waals surface area contributed by atoms with Crippen LogP contribution in [0.15, 0.2) is 12.1 Å². The molecule has 0 unspecified atom stereocenters. The lowest BCUT2D eigenvalue weighted by Crippen LogP contribution is -2.48. The predicted molar refractivity (Wildman–Crippen MR) is 70.6 cm³/mol. The van der Waals surface area contributed by atoms with E-state index in [1.165, 1.54) is 0 Å². The first kappa shape index (κ1) is 13.4. The standard InChI is InChI=1S/C15H22O3/c1-8(2)15(18)12-5-10(4)13(16)7-11(12)9(3)6-14(15)17/h5,7-9,14,16-18H,6H2,1-4H3/t9-,14+,15+/m0/s1. The fourth-order valence-corrected chi connectivity index (χ4v) is 2.98. The van der Waals surface area contributed by atoms with E-state index in [9.17, 15) is 15.3 Å². The minimum atomic E-state index is -1.22. The van der Waals surface area contributed by atoms with E-state index in [0.717, 1.165) is 16.7 Å². The zero-order chi connectivity index (χ0) is 13.7. The van der Waals surface area contributed by atoms with Gasteiger partial charge in [0.25, 0.3) is 0 Å². The number of phenolic OH excluding ortho intramolecular Hbond substituents is 1. The van der Waals surface area contributed by atoms with Gasteiger partial charge in [-0.05, 0) is 54.0 Å². The Bertz CT molecular complexity index is 467. The van der Waals surface area contributed by atoms with Crippen LogP contribution in [-0.4, -0.2) is 21.4 Å². The quantitative estimate of drug-likeness (QED) is 0.717.